The fourth-order valence-corrected chi connectivity index (χ4v) is 6.99. The van der Waals surface area contributed by atoms with Crippen molar-refractivity contribution in [2.24, 2.45) is 5.92 Å². The second kappa shape index (κ2) is 9.31. The number of benzene rings is 3. The van der Waals surface area contributed by atoms with Gasteiger partial charge in [0.25, 0.3) is 5.69 Å². The van der Waals surface area contributed by atoms with Crippen molar-refractivity contribution >= 4 is 40.1 Å². The maximum atomic E-state index is 14.7. The van der Waals surface area contributed by atoms with Crippen molar-refractivity contribution in [1.29, 1.82) is 0 Å². The Morgan fingerprint density at radius 1 is 0.929 bits per heavy atom. The number of para-hydroxylation sites is 2. The van der Waals surface area contributed by atoms with Crippen LogP contribution in [0.15, 0.2) is 103 Å². The van der Waals surface area contributed by atoms with E-state index in [1.807, 2.05) is 60.4 Å². The summed E-state index contributed by atoms with van der Waals surface area (Å²) in [5, 5.41) is 14.3. The summed E-state index contributed by atoms with van der Waals surface area (Å²) in [4.78, 5) is 60.6. The number of carbonyl (C=O) groups excluding carboxylic acids is 3. The highest BCUT2D eigenvalue weighted by Crippen LogP contribution is 2.58. The molecule has 1 fully saturated rings. The molecule has 1 aromatic heterocycles. The van der Waals surface area contributed by atoms with Crippen molar-refractivity contribution < 1.29 is 19.3 Å². The standard InChI is InChI=1S/C33H24N4O5/c1-19-17-27-33(24-9-3-4-10-25(24)35-32(33)40)28(30(38)21-7-6-16-34-18-21)29(36(27)26-11-5-2-8-23(19)26)31(39)20-12-14-22(15-13-20)37(41)42/h2-18,27-29H,1H3,(H,35,40)/t27-,28-,29+,33+/m0/s1. The lowest BCUT2D eigenvalue weighted by Crippen LogP contribution is -2.51. The molecule has 1 amide bonds. The minimum absolute atomic E-state index is 0.152. The summed E-state index contributed by atoms with van der Waals surface area (Å²) in [6.45, 7) is 1.96. The lowest BCUT2D eigenvalue weighted by molar-refractivity contribution is -0.384. The third kappa shape index (κ3) is 3.43. The second-order valence-corrected chi connectivity index (χ2v) is 10.8. The zero-order valence-corrected chi connectivity index (χ0v) is 22.4. The number of pyridine rings is 1. The van der Waals surface area contributed by atoms with Gasteiger partial charge in [0, 0.05) is 52.6 Å². The Hall–Kier alpha value is -5.44. The van der Waals surface area contributed by atoms with E-state index in [4.69, 9.17) is 0 Å². The molecule has 1 N–H and O–H groups in total. The molecule has 3 aliphatic heterocycles. The van der Waals surface area contributed by atoms with Crippen LogP contribution in [0.25, 0.3) is 5.57 Å². The van der Waals surface area contributed by atoms with E-state index >= 15 is 0 Å². The number of hydrogen-bond donors (Lipinski definition) is 1. The first-order chi connectivity index (χ1) is 20.3. The Balaban J connectivity index is 1.53. The predicted molar refractivity (Wildman–Crippen MR) is 156 cm³/mol. The number of allylic oxidation sites excluding steroid dienone is 1. The molecule has 1 saturated heterocycles. The Morgan fingerprint density at radius 3 is 2.40 bits per heavy atom. The molecule has 0 unspecified atom stereocenters. The van der Waals surface area contributed by atoms with E-state index in [1.165, 1.54) is 30.5 Å². The molecular weight excluding hydrogens is 532 g/mol. The molecule has 0 bridgehead atoms. The SMILES string of the molecule is CC1=C[C@@H]2N(c3ccccc31)[C@@H](C(=O)c1ccc([N+](=O)[O-])cc1)[C@@H](C(=O)c1cccnc1)[C@]21C(=O)Nc2ccccc21. The molecule has 0 saturated carbocycles. The van der Waals surface area contributed by atoms with Crippen molar-refractivity contribution in [3.05, 3.63) is 136 Å². The van der Waals surface area contributed by atoms with Crippen molar-refractivity contribution in [3.63, 3.8) is 0 Å². The van der Waals surface area contributed by atoms with E-state index in [1.54, 1.807) is 24.4 Å². The molecule has 1 spiro atoms. The number of non-ortho nitro benzene ring substituents is 1. The summed E-state index contributed by atoms with van der Waals surface area (Å²) in [5.41, 5.74) is 2.71. The largest absolute Gasteiger partial charge is 0.352 e. The third-order valence-corrected chi connectivity index (χ3v) is 8.74. The van der Waals surface area contributed by atoms with E-state index in [0.29, 0.717) is 11.3 Å². The van der Waals surface area contributed by atoms with Crippen LogP contribution in [0.1, 0.15) is 38.8 Å². The molecule has 3 aliphatic rings. The molecule has 4 atom stereocenters. The number of amides is 1. The normalized spacial score (nSPS) is 23.5. The lowest BCUT2D eigenvalue weighted by Gasteiger charge is -2.39. The van der Waals surface area contributed by atoms with E-state index in [9.17, 15) is 24.5 Å². The van der Waals surface area contributed by atoms with Gasteiger partial charge in [-0.2, -0.15) is 0 Å². The fourth-order valence-electron chi connectivity index (χ4n) is 6.99. The number of hydrogen-bond acceptors (Lipinski definition) is 7. The van der Waals surface area contributed by atoms with Crippen molar-refractivity contribution in [2.45, 2.75) is 24.4 Å². The van der Waals surface area contributed by atoms with E-state index in [2.05, 4.69) is 10.3 Å². The van der Waals surface area contributed by atoms with Crippen LogP contribution in [0, 0.1) is 16.0 Å². The Bertz CT molecular complexity index is 1830. The van der Waals surface area contributed by atoms with Crippen molar-refractivity contribution in [1.82, 2.24) is 4.98 Å². The highest BCUT2D eigenvalue weighted by Gasteiger charge is 2.70. The molecule has 7 rings (SSSR count). The van der Waals surface area contributed by atoms with Crippen molar-refractivity contribution in [3.8, 4) is 0 Å². The molecule has 4 heterocycles. The van der Waals surface area contributed by atoms with Gasteiger partial charge in [0.05, 0.1) is 16.9 Å². The van der Waals surface area contributed by atoms with Gasteiger partial charge in [-0.15, -0.1) is 0 Å². The van der Waals surface area contributed by atoms with Gasteiger partial charge in [-0.05, 0) is 54.5 Å². The van der Waals surface area contributed by atoms with Gasteiger partial charge >= 0.3 is 0 Å². The van der Waals surface area contributed by atoms with Gasteiger partial charge in [-0.1, -0.05) is 42.5 Å². The molecule has 42 heavy (non-hydrogen) atoms. The number of nitro groups is 1. The number of Topliss-reactive ketones (excluding diaryl/α,β-unsaturated/α-hetero) is 2. The maximum Gasteiger partial charge on any atom is 0.269 e. The van der Waals surface area contributed by atoms with Crippen LogP contribution in [0.3, 0.4) is 0 Å². The Kier molecular flexibility index (Phi) is 5.65. The van der Waals surface area contributed by atoms with Crippen LogP contribution >= 0.6 is 0 Å². The Labute approximate surface area is 240 Å². The minimum Gasteiger partial charge on any atom is -0.352 e. The van der Waals surface area contributed by atoms with Gasteiger partial charge in [-0.3, -0.25) is 29.5 Å². The van der Waals surface area contributed by atoms with Gasteiger partial charge in [0.1, 0.15) is 11.5 Å². The number of carbonyl (C=O) groups is 3. The number of nitrogens with zero attached hydrogens (tertiary/aromatic N) is 3. The summed E-state index contributed by atoms with van der Waals surface area (Å²) >= 11 is 0. The Morgan fingerprint density at radius 2 is 1.67 bits per heavy atom. The maximum absolute atomic E-state index is 14.7. The number of rotatable bonds is 5. The first kappa shape index (κ1) is 25.5. The molecule has 0 aliphatic carbocycles. The molecule has 3 aromatic carbocycles. The van der Waals surface area contributed by atoms with Crippen LogP contribution in [0.4, 0.5) is 17.1 Å². The summed E-state index contributed by atoms with van der Waals surface area (Å²) in [5.74, 6) is -2.29. The molecule has 0 radical (unpaired) electrons. The van der Waals surface area contributed by atoms with Crippen LogP contribution < -0.4 is 10.2 Å². The van der Waals surface area contributed by atoms with Crippen LogP contribution in [-0.2, 0) is 10.2 Å². The van der Waals surface area contributed by atoms with Crippen LogP contribution in [0.2, 0.25) is 0 Å². The zero-order chi connectivity index (χ0) is 29.2. The molecule has 9 nitrogen and oxygen atoms in total. The number of nitro benzene ring substituents is 1. The number of ketones is 2. The van der Waals surface area contributed by atoms with E-state index in [-0.39, 0.29) is 28.5 Å². The van der Waals surface area contributed by atoms with Gasteiger partial charge in [-0.25, -0.2) is 0 Å². The quantitative estimate of drug-likeness (QED) is 0.203. The summed E-state index contributed by atoms with van der Waals surface area (Å²) in [6.07, 6.45) is 5.00. The molecule has 9 heteroatoms. The highest BCUT2D eigenvalue weighted by atomic mass is 16.6. The summed E-state index contributed by atoms with van der Waals surface area (Å²) in [7, 11) is 0. The molecule has 206 valence electrons. The van der Waals surface area contributed by atoms with Crippen molar-refractivity contribution in [2.75, 3.05) is 10.2 Å². The third-order valence-electron chi connectivity index (χ3n) is 8.74. The highest BCUT2D eigenvalue weighted by molar-refractivity contribution is 6.18. The number of nitrogens with one attached hydrogen (secondary N) is 1. The second-order valence-electron chi connectivity index (χ2n) is 10.8. The lowest BCUT2D eigenvalue weighted by atomic mass is 9.64. The smallest absolute Gasteiger partial charge is 0.269 e. The average Bonchev–Trinajstić information content (AvgIpc) is 3.49. The fraction of sp³-hybridized carbons (Fsp3) is 0.152. The van der Waals surface area contributed by atoms with E-state index < -0.39 is 34.1 Å². The minimum atomic E-state index is -1.45. The number of fused-ring (bicyclic) bond motifs is 6. The average molecular weight is 557 g/mol. The number of aromatic nitrogens is 1. The predicted octanol–water partition coefficient (Wildman–Crippen LogP) is 5.24. The van der Waals surface area contributed by atoms with Crippen LogP contribution in [-0.4, -0.2) is 39.5 Å². The number of anilines is 2. The zero-order valence-electron chi connectivity index (χ0n) is 22.4. The van der Waals surface area contributed by atoms with Crippen LogP contribution in [0.5, 0.6) is 0 Å². The topological polar surface area (TPSA) is 123 Å². The molecular formula is C33H24N4O5. The first-order valence-electron chi connectivity index (χ1n) is 13.5. The summed E-state index contributed by atoms with van der Waals surface area (Å²) in [6, 6.07) is 21.8. The van der Waals surface area contributed by atoms with Gasteiger partial charge in [0.2, 0.25) is 5.91 Å². The van der Waals surface area contributed by atoms with E-state index in [0.717, 1.165) is 16.8 Å². The molecule has 4 aromatic rings. The first-order valence-corrected chi connectivity index (χ1v) is 13.5. The van der Waals surface area contributed by atoms with Gasteiger partial charge < -0.3 is 10.2 Å². The van der Waals surface area contributed by atoms with Gasteiger partial charge in [0.15, 0.2) is 11.6 Å². The summed E-state index contributed by atoms with van der Waals surface area (Å²) < 4.78 is 0. The monoisotopic (exact) mass is 556 g/mol.